The van der Waals surface area contributed by atoms with E-state index in [1.165, 1.54) is 0 Å². The Hall–Kier alpha value is -1.36. The lowest BCUT2D eigenvalue weighted by Crippen LogP contribution is -2.27. The van der Waals surface area contributed by atoms with Crippen LogP contribution in [0, 0.1) is 0 Å². The molecule has 2 N–H and O–H groups in total. The summed E-state index contributed by atoms with van der Waals surface area (Å²) in [6.45, 7) is 5.05. The van der Waals surface area contributed by atoms with Crippen LogP contribution in [-0.4, -0.2) is 35.8 Å². The molecule has 0 aliphatic carbocycles. The number of hydrogen-bond donors (Lipinski definition) is 2. The smallest absolute Gasteiger partial charge is 0.133 e. The van der Waals surface area contributed by atoms with Crippen molar-refractivity contribution in [3.8, 4) is 0 Å². The maximum Gasteiger partial charge on any atom is 0.133 e. The van der Waals surface area contributed by atoms with Gasteiger partial charge in [0.05, 0.1) is 12.1 Å². The molecule has 2 heterocycles. The first-order chi connectivity index (χ1) is 8.72. The zero-order chi connectivity index (χ0) is 13.0. The van der Waals surface area contributed by atoms with Gasteiger partial charge in [-0.05, 0) is 19.8 Å². The van der Waals surface area contributed by atoms with E-state index in [0.717, 1.165) is 43.3 Å². The molecule has 0 radical (unpaired) electrons. The molecule has 1 aliphatic rings. The highest BCUT2D eigenvalue weighted by atomic mass is 16.5. The van der Waals surface area contributed by atoms with E-state index < -0.39 is 0 Å². The van der Waals surface area contributed by atoms with E-state index in [4.69, 9.17) is 4.74 Å². The molecule has 2 atom stereocenters. The first-order valence-corrected chi connectivity index (χ1v) is 6.66. The minimum Gasteiger partial charge on any atom is -0.376 e. The summed E-state index contributed by atoms with van der Waals surface area (Å²) in [7, 11) is 1.88. The summed E-state index contributed by atoms with van der Waals surface area (Å²) in [5.74, 6) is 2.64. The van der Waals surface area contributed by atoms with Gasteiger partial charge in [-0.2, -0.15) is 0 Å². The van der Waals surface area contributed by atoms with Crippen molar-refractivity contribution in [2.45, 2.75) is 45.3 Å². The van der Waals surface area contributed by atoms with Crippen molar-refractivity contribution in [2.24, 2.45) is 0 Å². The summed E-state index contributed by atoms with van der Waals surface area (Å²) in [4.78, 5) is 8.99. The normalized spacial score (nSPS) is 23.1. The zero-order valence-corrected chi connectivity index (χ0v) is 11.4. The van der Waals surface area contributed by atoms with Crippen LogP contribution in [0.3, 0.4) is 0 Å². The van der Waals surface area contributed by atoms with Gasteiger partial charge in [0.2, 0.25) is 0 Å². The van der Waals surface area contributed by atoms with Gasteiger partial charge in [0, 0.05) is 26.1 Å². The minimum absolute atomic E-state index is 0.243. The predicted molar refractivity (Wildman–Crippen MR) is 73.0 cm³/mol. The van der Waals surface area contributed by atoms with Gasteiger partial charge in [-0.15, -0.1) is 0 Å². The molecule has 1 aromatic heterocycles. The molecule has 100 valence electrons. The molecular weight excluding hydrogens is 228 g/mol. The van der Waals surface area contributed by atoms with Crippen molar-refractivity contribution in [2.75, 3.05) is 24.3 Å². The molecule has 2 rings (SSSR count). The van der Waals surface area contributed by atoms with Gasteiger partial charge in [0.1, 0.15) is 17.5 Å². The Morgan fingerprint density at radius 1 is 1.39 bits per heavy atom. The predicted octanol–water partition coefficient (Wildman–Crippen LogP) is 2.06. The topological polar surface area (TPSA) is 59.1 Å². The number of ether oxygens (including phenoxy) is 1. The Labute approximate surface area is 108 Å². The molecule has 0 spiro atoms. The maximum absolute atomic E-state index is 5.55. The Morgan fingerprint density at radius 2 is 2.17 bits per heavy atom. The second-order valence-corrected chi connectivity index (χ2v) is 4.67. The highest BCUT2D eigenvalue weighted by molar-refractivity contribution is 5.48. The van der Waals surface area contributed by atoms with Crippen LogP contribution in [0.1, 0.15) is 32.5 Å². The van der Waals surface area contributed by atoms with E-state index in [1.54, 1.807) is 0 Å². The van der Waals surface area contributed by atoms with Gasteiger partial charge in [-0.1, -0.05) is 6.92 Å². The Balaban J connectivity index is 2.12. The van der Waals surface area contributed by atoms with Crippen molar-refractivity contribution >= 4 is 11.6 Å². The van der Waals surface area contributed by atoms with Crippen molar-refractivity contribution in [1.29, 1.82) is 0 Å². The Morgan fingerprint density at radius 3 is 2.78 bits per heavy atom. The van der Waals surface area contributed by atoms with Crippen LogP contribution >= 0.6 is 0 Å². The van der Waals surface area contributed by atoms with Crippen molar-refractivity contribution in [3.05, 3.63) is 11.9 Å². The molecule has 1 aliphatic heterocycles. The molecule has 0 amide bonds. The fraction of sp³-hybridized carbons (Fsp3) is 0.692. The summed E-state index contributed by atoms with van der Waals surface area (Å²) < 4.78 is 5.55. The fourth-order valence-corrected chi connectivity index (χ4v) is 2.15. The SMILES string of the molecule is CCCc1nc(NC)cc(NC2CCOC2C)n1. The van der Waals surface area contributed by atoms with Crippen molar-refractivity contribution in [3.63, 3.8) is 0 Å². The largest absolute Gasteiger partial charge is 0.376 e. The van der Waals surface area contributed by atoms with Crippen LogP contribution in [0.15, 0.2) is 6.07 Å². The molecule has 5 heteroatoms. The van der Waals surface area contributed by atoms with Gasteiger partial charge in [-0.3, -0.25) is 0 Å². The van der Waals surface area contributed by atoms with Crippen LogP contribution in [0.2, 0.25) is 0 Å². The van der Waals surface area contributed by atoms with Crippen LogP contribution < -0.4 is 10.6 Å². The number of aromatic nitrogens is 2. The summed E-state index contributed by atoms with van der Waals surface area (Å²) in [5.41, 5.74) is 0. The first kappa shape index (κ1) is 13.1. The fourth-order valence-electron chi connectivity index (χ4n) is 2.15. The Kier molecular flexibility index (Phi) is 4.36. The molecule has 1 aromatic rings. The van der Waals surface area contributed by atoms with E-state index >= 15 is 0 Å². The van der Waals surface area contributed by atoms with E-state index in [9.17, 15) is 0 Å². The number of aryl methyl sites for hydroxylation is 1. The van der Waals surface area contributed by atoms with Gasteiger partial charge in [0.25, 0.3) is 0 Å². The third-order valence-electron chi connectivity index (χ3n) is 3.21. The van der Waals surface area contributed by atoms with E-state index in [2.05, 4.69) is 34.4 Å². The lowest BCUT2D eigenvalue weighted by atomic mass is 10.1. The lowest BCUT2D eigenvalue weighted by molar-refractivity contribution is 0.121. The first-order valence-electron chi connectivity index (χ1n) is 6.66. The van der Waals surface area contributed by atoms with Gasteiger partial charge in [-0.25, -0.2) is 9.97 Å². The summed E-state index contributed by atoms with van der Waals surface area (Å²) in [5, 5.41) is 6.53. The molecule has 1 fully saturated rings. The molecule has 2 unspecified atom stereocenters. The summed E-state index contributed by atoms with van der Waals surface area (Å²) >= 11 is 0. The average molecular weight is 250 g/mol. The highest BCUT2D eigenvalue weighted by Gasteiger charge is 2.24. The average Bonchev–Trinajstić information content (AvgIpc) is 2.75. The standard InChI is InChI=1S/C13H22N4O/c1-4-5-11-16-12(14-3)8-13(17-11)15-10-6-7-18-9(10)2/h8-10H,4-7H2,1-3H3,(H2,14,15,16,17). The van der Waals surface area contributed by atoms with Gasteiger partial charge in [0.15, 0.2) is 0 Å². The van der Waals surface area contributed by atoms with Crippen molar-refractivity contribution in [1.82, 2.24) is 9.97 Å². The van der Waals surface area contributed by atoms with Crippen molar-refractivity contribution < 1.29 is 4.74 Å². The van der Waals surface area contributed by atoms with E-state index in [0.29, 0.717) is 6.04 Å². The molecule has 0 saturated carbocycles. The van der Waals surface area contributed by atoms with E-state index in [-0.39, 0.29) is 6.10 Å². The maximum atomic E-state index is 5.55. The molecule has 1 saturated heterocycles. The molecular formula is C13H22N4O. The molecule has 5 nitrogen and oxygen atoms in total. The number of anilines is 2. The highest BCUT2D eigenvalue weighted by Crippen LogP contribution is 2.19. The quantitative estimate of drug-likeness (QED) is 0.837. The molecule has 0 bridgehead atoms. The number of nitrogens with one attached hydrogen (secondary N) is 2. The minimum atomic E-state index is 0.243. The van der Waals surface area contributed by atoms with Crippen LogP contribution in [0.4, 0.5) is 11.6 Å². The van der Waals surface area contributed by atoms with Crippen LogP contribution in [-0.2, 0) is 11.2 Å². The summed E-state index contributed by atoms with van der Waals surface area (Å²) in [6, 6.07) is 2.29. The van der Waals surface area contributed by atoms with Crippen LogP contribution in [0.5, 0.6) is 0 Å². The second kappa shape index (κ2) is 6.00. The third kappa shape index (κ3) is 3.10. The third-order valence-corrected chi connectivity index (χ3v) is 3.21. The second-order valence-electron chi connectivity index (χ2n) is 4.67. The zero-order valence-electron chi connectivity index (χ0n) is 11.4. The number of nitrogens with zero attached hydrogens (tertiary/aromatic N) is 2. The Bertz CT molecular complexity index is 397. The lowest BCUT2D eigenvalue weighted by Gasteiger charge is -2.17. The van der Waals surface area contributed by atoms with Crippen LogP contribution in [0.25, 0.3) is 0 Å². The molecule has 0 aromatic carbocycles. The molecule has 18 heavy (non-hydrogen) atoms. The van der Waals surface area contributed by atoms with E-state index in [1.807, 2.05) is 13.1 Å². The number of hydrogen-bond acceptors (Lipinski definition) is 5. The monoisotopic (exact) mass is 250 g/mol. The summed E-state index contributed by atoms with van der Waals surface area (Å²) in [6.07, 6.45) is 3.23. The van der Waals surface area contributed by atoms with Gasteiger partial charge >= 0.3 is 0 Å². The van der Waals surface area contributed by atoms with Gasteiger partial charge < -0.3 is 15.4 Å². The number of rotatable bonds is 5.